The molecular formula is C32H38N2O8. The molecular weight excluding hydrogens is 540 g/mol. The molecule has 0 fully saturated rings. The highest BCUT2D eigenvalue weighted by Crippen LogP contribution is 2.30. The quantitative estimate of drug-likeness (QED) is 0.201. The summed E-state index contributed by atoms with van der Waals surface area (Å²) in [5.74, 6) is -1.13. The second kappa shape index (κ2) is 16.0. The molecule has 0 radical (unpaired) electrons. The van der Waals surface area contributed by atoms with Gasteiger partial charge in [0.05, 0.1) is 7.11 Å². The highest BCUT2D eigenvalue weighted by Gasteiger charge is 2.32. The van der Waals surface area contributed by atoms with Crippen molar-refractivity contribution in [3.63, 3.8) is 0 Å². The molecule has 0 spiro atoms. The molecule has 1 N–H and O–H groups in total. The molecule has 0 bridgehead atoms. The molecule has 224 valence electrons. The van der Waals surface area contributed by atoms with E-state index in [1.165, 1.54) is 33.2 Å². The summed E-state index contributed by atoms with van der Waals surface area (Å²) >= 11 is 0. The number of esters is 2. The molecule has 10 nitrogen and oxygen atoms in total. The van der Waals surface area contributed by atoms with Crippen LogP contribution in [0.15, 0.2) is 72.9 Å². The third kappa shape index (κ3) is 9.22. The van der Waals surface area contributed by atoms with Gasteiger partial charge in [-0.05, 0) is 44.4 Å². The van der Waals surface area contributed by atoms with Crippen molar-refractivity contribution in [2.24, 2.45) is 5.92 Å². The minimum atomic E-state index is -1.01. The first-order chi connectivity index (χ1) is 20.2. The third-order valence-electron chi connectivity index (χ3n) is 6.60. The Morgan fingerprint density at radius 2 is 1.62 bits per heavy atom. The molecule has 3 aromatic rings. The van der Waals surface area contributed by atoms with Crippen LogP contribution in [0.25, 0.3) is 0 Å². The van der Waals surface area contributed by atoms with E-state index in [0.29, 0.717) is 12.8 Å². The Bertz CT molecular complexity index is 1300. The zero-order chi connectivity index (χ0) is 30.5. The molecule has 3 rings (SSSR count). The lowest BCUT2D eigenvalue weighted by Gasteiger charge is -2.32. The van der Waals surface area contributed by atoms with Gasteiger partial charge in [0.25, 0.3) is 5.91 Å². The molecule has 10 heteroatoms. The summed E-state index contributed by atoms with van der Waals surface area (Å²) in [4.78, 5) is 41.5. The number of hydrogen-bond donors (Lipinski definition) is 1. The fourth-order valence-electron chi connectivity index (χ4n) is 4.39. The van der Waals surface area contributed by atoms with Crippen LogP contribution in [0.3, 0.4) is 0 Å². The Balaban J connectivity index is 1.73. The van der Waals surface area contributed by atoms with Crippen LogP contribution >= 0.6 is 0 Å². The van der Waals surface area contributed by atoms with E-state index in [1.807, 2.05) is 74.5 Å². The molecule has 0 unspecified atom stereocenters. The summed E-state index contributed by atoms with van der Waals surface area (Å²) in [6.07, 6.45) is 1.90. The van der Waals surface area contributed by atoms with Crippen molar-refractivity contribution in [1.29, 1.82) is 0 Å². The van der Waals surface area contributed by atoms with Crippen LogP contribution in [-0.4, -0.2) is 55.0 Å². The topological polar surface area (TPSA) is 122 Å². The maximum atomic E-state index is 13.2. The molecule has 0 aliphatic rings. The van der Waals surface area contributed by atoms with E-state index in [2.05, 4.69) is 10.3 Å². The number of benzene rings is 2. The van der Waals surface area contributed by atoms with Crippen molar-refractivity contribution in [3.05, 3.63) is 84.2 Å². The Morgan fingerprint density at radius 1 is 0.952 bits per heavy atom. The van der Waals surface area contributed by atoms with Crippen LogP contribution in [-0.2, 0) is 25.5 Å². The van der Waals surface area contributed by atoms with Crippen molar-refractivity contribution in [2.75, 3.05) is 13.9 Å². The minimum absolute atomic E-state index is 0.0283. The van der Waals surface area contributed by atoms with E-state index in [1.54, 1.807) is 0 Å². The summed E-state index contributed by atoms with van der Waals surface area (Å²) in [7, 11) is 1.40. The van der Waals surface area contributed by atoms with Gasteiger partial charge in [-0.3, -0.25) is 9.59 Å². The minimum Gasteiger partial charge on any atom is -0.493 e. The number of para-hydroxylation sites is 1. The first-order valence-corrected chi connectivity index (χ1v) is 13.8. The van der Waals surface area contributed by atoms with Gasteiger partial charge in [0.2, 0.25) is 6.79 Å². The van der Waals surface area contributed by atoms with Crippen LogP contribution in [0.1, 0.15) is 50.2 Å². The summed E-state index contributed by atoms with van der Waals surface area (Å²) < 4.78 is 27.8. The molecule has 0 saturated heterocycles. The van der Waals surface area contributed by atoms with Gasteiger partial charge in [0.1, 0.15) is 24.0 Å². The van der Waals surface area contributed by atoms with Gasteiger partial charge < -0.3 is 29.0 Å². The maximum Gasteiger partial charge on any atom is 0.328 e. The van der Waals surface area contributed by atoms with E-state index in [0.717, 1.165) is 11.3 Å². The van der Waals surface area contributed by atoms with Gasteiger partial charge in [-0.25, -0.2) is 9.78 Å². The Kier molecular flexibility index (Phi) is 12.2. The highest BCUT2D eigenvalue weighted by atomic mass is 16.7. The maximum absolute atomic E-state index is 13.2. The van der Waals surface area contributed by atoms with E-state index in [-0.39, 0.29) is 29.2 Å². The van der Waals surface area contributed by atoms with Gasteiger partial charge in [-0.15, -0.1) is 0 Å². The number of rotatable bonds is 15. The summed E-state index contributed by atoms with van der Waals surface area (Å²) in [5.41, 5.74) is 0.950. The number of methoxy groups -OCH3 is 1. The van der Waals surface area contributed by atoms with E-state index >= 15 is 0 Å². The Hall–Kier alpha value is -4.60. The van der Waals surface area contributed by atoms with E-state index in [4.69, 9.17) is 23.7 Å². The second-order valence-corrected chi connectivity index (χ2v) is 9.66. The van der Waals surface area contributed by atoms with Crippen molar-refractivity contribution < 1.29 is 38.1 Å². The zero-order valence-corrected chi connectivity index (χ0v) is 24.6. The fourth-order valence-corrected chi connectivity index (χ4v) is 4.39. The fraction of sp³-hybridized carbons (Fsp3) is 0.375. The molecule has 0 aliphatic heterocycles. The lowest BCUT2D eigenvalue weighted by atomic mass is 9.88. The lowest BCUT2D eigenvalue weighted by molar-refractivity contribution is -0.154. The summed E-state index contributed by atoms with van der Waals surface area (Å²) in [6.45, 7) is 6.18. The van der Waals surface area contributed by atoms with Crippen LogP contribution in [0.4, 0.5) is 0 Å². The number of aromatic nitrogens is 1. The SMILES string of the molecule is CC[C@H](Oc1ccccc1)[C@@H](Cc1ccccc1)[C@H](C)OC(=O)[C@H](C)NC(=O)c1nccc(OC)c1OCOC(C)=O. The lowest BCUT2D eigenvalue weighted by Crippen LogP contribution is -2.44. The Labute approximate surface area is 246 Å². The Morgan fingerprint density at radius 3 is 2.24 bits per heavy atom. The summed E-state index contributed by atoms with van der Waals surface area (Å²) in [5, 5.41) is 2.61. The normalized spacial score (nSPS) is 13.5. The number of carbonyl (C=O) groups excluding carboxylic acids is 3. The van der Waals surface area contributed by atoms with Gasteiger partial charge >= 0.3 is 11.9 Å². The molecule has 2 aromatic carbocycles. The van der Waals surface area contributed by atoms with Crippen LogP contribution < -0.4 is 19.5 Å². The molecule has 1 heterocycles. The highest BCUT2D eigenvalue weighted by molar-refractivity contribution is 5.98. The number of pyridine rings is 1. The number of hydrogen-bond acceptors (Lipinski definition) is 9. The standard InChI is InChI=1S/C32H38N2O8/c1-6-27(42-25-15-11-8-12-16-25)26(19-24-13-9-7-10-14-24)22(3)41-32(37)21(2)34-31(36)29-30(40-20-39-23(4)35)28(38-5)17-18-33-29/h7-18,21-22,26-27H,6,19-20H2,1-5H3,(H,34,36)/t21-,22-,26-,27-/m0/s1. The number of nitrogens with one attached hydrogen (secondary N) is 1. The molecule has 42 heavy (non-hydrogen) atoms. The number of amides is 1. The second-order valence-electron chi connectivity index (χ2n) is 9.66. The van der Waals surface area contributed by atoms with Gasteiger partial charge in [0.15, 0.2) is 17.2 Å². The molecule has 4 atom stereocenters. The van der Waals surface area contributed by atoms with Crippen molar-refractivity contribution in [3.8, 4) is 17.2 Å². The molecule has 0 saturated carbocycles. The monoisotopic (exact) mass is 578 g/mol. The molecule has 1 amide bonds. The van der Waals surface area contributed by atoms with Crippen molar-refractivity contribution >= 4 is 17.8 Å². The van der Waals surface area contributed by atoms with Gasteiger partial charge in [-0.1, -0.05) is 55.5 Å². The van der Waals surface area contributed by atoms with Crippen molar-refractivity contribution in [1.82, 2.24) is 10.3 Å². The van der Waals surface area contributed by atoms with Crippen molar-refractivity contribution in [2.45, 2.75) is 58.8 Å². The third-order valence-corrected chi connectivity index (χ3v) is 6.60. The zero-order valence-electron chi connectivity index (χ0n) is 24.6. The smallest absolute Gasteiger partial charge is 0.328 e. The number of nitrogens with zero attached hydrogens (tertiary/aromatic N) is 1. The van der Waals surface area contributed by atoms with Gasteiger partial charge in [0, 0.05) is 25.1 Å². The average molecular weight is 579 g/mol. The van der Waals surface area contributed by atoms with Gasteiger partial charge in [-0.2, -0.15) is 0 Å². The van der Waals surface area contributed by atoms with Crippen LogP contribution in [0, 0.1) is 5.92 Å². The summed E-state index contributed by atoms with van der Waals surface area (Å²) in [6, 6.07) is 20.0. The number of carbonyl (C=O) groups is 3. The largest absolute Gasteiger partial charge is 0.493 e. The van der Waals surface area contributed by atoms with E-state index in [9.17, 15) is 14.4 Å². The predicted octanol–water partition coefficient (Wildman–Crippen LogP) is 4.76. The molecule has 0 aliphatic carbocycles. The first-order valence-electron chi connectivity index (χ1n) is 13.8. The van der Waals surface area contributed by atoms with E-state index < -0.39 is 36.8 Å². The predicted molar refractivity (Wildman–Crippen MR) is 155 cm³/mol. The first kappa shape index (κ1) is 31.9. The molecule has 1 aromatic heterocycles. The van der Waals surface area contributed by atoms with Crippen LogP contribution in [0.2, 0.25) is 0 Å². The van der Waals surface area contributed by atoms with Crippen LogP contribution in [0.5, 0.6) is 17.2 Å². The number of ether oxygens (including phenoxy) is 5. The average Bonchev–Trinajstić information content (AvgIpc) is 2.99.